The fraction of sp³-hybridized carbons (Fsp3) is 0.429. The molecule has 1 aromatic heterocycles. The lowest BCUT2D eigenvalue weighted by Gasteiger charge is -2.18. The number of rotatable bonds is 4. The van der Waals surface area contributed by atoms with Gasteiger partial charge < -0.3 is 9.74 Å². The van der Waals surface area contributed by atoms with E-state index in [9.17, 15) is 21.6 Å². The topological polar surface area (TPSA) is 83.9 Å². The largest absolute Gasteiger partial charge is 0.384 e. The molecule has 0 unspecified atom stereocenters. The molecule has 0 amide bonds. The number of aryl methyl sites for hydroxylation is 1. The van der Waals surface area contributed by atoms with E-state index in [2.05, 4.69) is 14.9 Å². The number of hydrogen-bond acceptors (Lipinski definition) is 6. The minimum absolute atomic E-state index is 0.0574. The van der Waals surface area contributed by atoms with Crippen LogP contribution in [0.5, 0.6) is 0 Å². The van der Waals surface area contributed by atoms with E-state index >= 15 is 0 Å². The van der Waals surface area contributed by atoms with Crippen molar-refractivity contribution < 1.29 is 26.4 Å². The first-order valence-electron chi connectivity index (χ1n) is 10.1. The molecule has 1 saturated heterocycles. The van der Waals surface area contributed by atoms with E-state index in [1.807, 2.05) is 11.8 Å². The predicted octanol–water partition coefficient (Wildman–Crippen LogP) is 3.12. The normalized spacial score (nSPS) is 23.4. The minimum atomic E-state index is -3.35. The van der Waals surface area contributed by atoms with Gasteiger partial charge in [0.25, 0.3) is 0 Å². The second-order valence-electron chi connectivity index (χ2n) is 8.37. The van der Waals surface area contributed by atoms with Crippen molar-refractivity contribution in [3.63, 3.8) is 0 Å². The first kappa shape index (κ1) is 22.5. The number of amidine groups is 1. The summed E-state index contributed by atoms with van der Waals surface area (Å²) in [5, 5.41) is 4.13. The second kappa shape index (κ2) is 8.36. The third-order valence-electron chi connectivity index (χ3n) is 5.63. The maximum Gasteiger partial charge on any atom is 0.209 e. The van der Waals surface area contributed by atoms with Crippen molar-refractivity contribution in [3.8, 4) is 11.1 Å². The predicted molar refractivity (Wildman–Crippen MR) is 113 cm³/mol. The number of nitrogens with one attached hydrogen (secondary N) is 1. The summed E-state index contributed by atoms with van der Waals surface area (Å²) in [4.78, 5) is 11.8. The van der Waals surface area contributed by atoms with Gasteiger partial charge in [0, 0.05) is 43.0 Å². The number of oxime groups is 1. The van der Waals surface area contributed by atoms with Gasteiger partial charge in [-0.15, -0.1) is 0 Å². The van der Waals surface area contributed by atoms with Gasteiger partial charge in [0.05, 0.1) is 23.9 Å². The summed E-state index contributed by atoms with van der Waals surface area (Å²) >= 11 is 0. The zero-order chi connectivity index (χ0) is 23.2. The number of likely N-dealkylation sites (tertiary alicyclic amines) is 1. The molecule has 0 radical (unpaired) electrons. The monoisotopic (exact) mass is 468 g/mol. The summed E-state index contributed by atoms with van der Waals surface area (Å²) in [7, 11) is -3.35. The van der Waals surface area contributed by atoms with Crippen LogP contribution in [0.3, 0.4) is 0 Å². The SMILES string of the molecule is Cc1cnc([C@@H]2CC(N3C[C@@H](C)[C@H](NS(C)(=O)=O)C3)=NO2)c(-c2c(F)cc(F)cc2F)c1. The Morgan fingerprint density at radius 3 is 2.50 bits per heavy atom. The molecule has 2 aromatic rings. The Balaban J connectivity index is 1.58. The van der Waals surface area contributed by atoms with Gasteiger partial charge in [-0.1, -0.05) is 12.1 Å². The molecule has 0 bridgehead atoms. The van der Waals surface area contributed by atoms with E-state index in [0.717, 1.165) is 6.26 Å². The second-order valence-corrected chi connectivity index (χ2v) is 10.2. The third kappa shape index (κ3) is 4.58. The van der Waals surface area contributed by atoms with Crippen LogP contribution in [0, 0.1) is 30.3 Å². The number of pyridine rings is 1. The van der Waals surface area contributed by atoms with Crippen LogP contribution >= 0.6 is 0 Å². The standard InChI is InChI=1S/C21H23F3N4O3S/c1-11-4-14(20-15(23)5-13(22)6-16(20)24)21(25-8-11)18-7-19(26-31-18)28-9-12(2)17(10-28)27-32(3,29)30/h4-6,8,12,17-18,27H,7,9-10H2,1-3H3/t12-,17-,18+/m1/s1. The average Bonchev–Trinajstić information content (AvgIpc) is 3.27. The summed E-state index contributed by atoms with van der Waals surface area (Å²) in [6.45, 7) is 4.68. The smallest absolute Gasteiger partial charge is 0.209 e. The molecule has 2 aliphatic rings. The van der Waals surface area contributed by atoms with Crippen LogP contribution in [-0.4, -0.2) is 49.5 Å². The quantitative estimate of drug-likeness (QED) is 0.746. The van der Waals surface area contributed by atoms with E-state index in [1.54, 1.807) is 19.2 Å². The molecule has 172 valence electrons. The first-order chi connectivity index (χ1) is 15.0. The lowest BCUT2D eigenvalue weighted by molar-refractivity contribution is 0.0828. The fourth-order valence-electron chi connectivity index (χ4n) is 4.14. The third-order valence-corrected chi connectivity index (χ3v) is 6.36. The molecule has 1 aromatic carbocycles. The highest BCUT2D eigenvalue weighted by atomic mass is 32.2. The molecule has 7 nitrogen and oxygen atoms in total. The Morgan fingerprint density at radius 1 is 1.16 bits per heavy atom. The maximum atomic E-state index is 14.5. The van der Waals surface area contributed by atoms with Crippen molar-refractivity contribution in [1.82, 2.24) is 14.6 Å². The van der Waals surface area contributed by atoms with Crippen molar-refractivity contribution in [2.24, 2.45) is 11.1 Å². The molecule has 1 fully saturated rings. The van der Waals surface area contributed by atoms with Crippen LogP contribution in [0.2, 0.25) is 0 Å². The zero-order valence-corrected chi connectivity index (χ0v) is 18.6. The molecule has 32 heavy (non-hydrogen) atoms. The van der Waals surface area contributed by atoms with Gasteiger partial charge in [-0.3, -0.25) is 4.98 Å². The van der Waals surface area contributed by atoms with Gasteiger partial charge in [0.2, 0.25) is 10.0 Å². The Morgan fingerprint density at radius 2 is 1.84 bits per heavy atom. The minimum Gasteiger partial charge on any atom is -0.384 e. The molecule has 0 saturated carbocycles. The van der Waals surface area contributed by atoms with Crippen molar-refractivity contribution in [2.45, 2.75) is 32.4 Å². The Kier molecular flexibility index (Phi) is 5.89. The van der Waals surface area contributed by atoms with Crippen molar-refractivity contribution in [3.05, 3.63) is 53.1 Å². The lowest BCUT2D eigenvalue weighted by Crippen LogP contribution is -2.39. The van der Waals surface area contributed by atoms with Gasteiger partial charge in [-0.25, -0.2) is 26.3 Å². The van der Waals surface area contributed by atoms with Crippen molar-refractivity contribution in [1.29, 1.82) is 0 Å². The lowest BCUT2D eigenvalue weighted by atomic mass is 9.97. The van der Waals surface area contributed by atoms with Gasteiger partial charge in [-0.2, -0.15) is 0 Å². The van der Waals surface area contributed by atoms with Crippen LogP contribution in [-0.2, 0) is 14.9 Å². The molecular formula is C21H23F3N4O3S. The average molecular weight is 469 g/mol. The molecule has 0 spiro atoms. The van der Waals surface area contributed by atoms with Crippen molar-refractivity contribution >= 4 is 15.9 Å². The summed E-state index contributed by atoms with van der Waals surface area (Å²) in [5.41, 5.74) is 0.764. The Hall–Kier alpha value is -2.66. The van der Waals surface area contributed by atoms with E-state index in [0.29, 0.717) is 43.0 Å². The molecule has 3 atom stereocenters. The molecular weight excluding hydrogens is 445 g/mol. The van der Waals surface area contributed by atoms with E-state index in [4.69, 9.17) is 4.84 Å². The Labute approximate surface area is 184 Å². The van der Waals surface area contributed by atoms with Crippen LogP contribution in [0.25, 0.3) is 11.1 Å². The summed E-state index contributed by atoms with van der Waals surface area (Å²) in [5.74, 6) is -2.40. The molecule has 11 heteroatoms. The van der Waals surface area contributed by atoms with Crippen LogP contribution < -0.4 is 4.72 Å². The van der Waals surface area contributed by atoms with Crippen LogP contribution in [0.1, 0.15) is 30.7 Å². The molecule has 4 rings (SSSR count). The van der Waals surface area contributed by atoms with Crippen LogP contribution in [0.4, 0.5) is 13.2 Å². The number of nitrogens with zero attached hydrogens (tertiary/aromatic N) is 3. The van der Waals surface area contributed by atoms with Crippen LogP contribution in [0.15, 0.2) is 29.6 Å². The van der Waals surface area contributed by atoms with Gasteiger partial charge in [-0.05, 0) is 24.5 Å². The van der Waals surface area contributed by atoms with Gasteiger partial charge in [0.1, 0.15) is 23.3 Å². The highest BCUT2D eigenvalue weighted by Gasteiger charge is 2.37. The summed E-state index contributed by atoms with van der Waals surface area (Å²) < 4.78 is 68.2. The molecule has 3 heterocycles. The Bertz CT molecular complexity index is 1170. The molecule has 1 N–H and O–H groups in total. The van der Waals surface area contributed by atoms with Gasteiger partial charge in [0.15, 0.2) is 6.10 Å². The zero-order valence-electron chi connectivity index (χ0n) is 17.8. The number of aromatic nitrogens is 1. The number of sulfonamides is 1. The molecule has 2 aliphatic heterocycles. The fourth-order valence-corrected chi connectivity index (χ4v) is 5.00. The van der Waals surface area contributed by atoms with E-state index in [-0.39, 0.29) is 28.8 Å². The van der Waals surface area contributed by atoms with E-state index < -0.39 is 33.6 Å². The van der Waals surface area contributed by atoms with E-state index in [1.165, 1.54) is 0 Å². The summed E-state index contributed by atoms with van der Waals surface area (Å²) in [6.07, 6.45) is 2.28. The molecule has 0 aliphatic carbocycles. The number of hydrogen-bond donors (Lipinski definition) is 1. The first-order valence-corrected chi connectivity index (χ1v) is 12.0. The number of halogens is 3. The van der Waals surface area contributed by atoms with Gasteiger partial charge >= 0.3 is 0 Å². The number of benzene rings is 1. The van der Waals surface area contributed by atoms with Crippen molar-refractivity contribution in [2.75, 3.05) is 19.3 Å². The highest BCUT2D eigenvalue weighted by Crippen LogP contribution is 2.37. The maximum absolute atomic E-state index is 14.5. The highest BCUT2D eigenvalue weighted by molar-refractivity contribution is 7.88. The summed E-state index contributed by atoms with van der Waals surface area (Å²) in [6, 6.07) is 2.57.